The molecule has 1 N–H and O–H groups in total. The van der Waals surface area contributed by atoms with Crippen molar-refractivity contribution in [3.8, 4) is 12.0 Å². The quantitative estimate of drug-likeness (QED) is 0.535. The first-order valence-electron chi connectivity index (χ1n) is 7.11. The molecule has 1 aromatic rings. The van der Waals surface area contributed by atoms with Crippen LogP contribution in [-0.4, -0.2) is 26.4 Å². The van der Waals surface area contributed by atoms with E-state index in [1.807, 2.05) is 0 Å². The van der Waals surface area contributed by atoms with Gasteiger partial charge >= 0.3 is 6.09 Å². The maximum atomic E-state index is 14.2. The van der Waals surface area contributed by atoms with Crippen molar-refractivity contribution in [1.82, 2.24) is 5.32 Å². The second-order valence-electron chi connectivity index (χ2n) is 4.76. The average molecular weight is 360 g/mol. The van der Waals surface area contributed by atoms with Crippen molar-refractivity contribution in [2.45, 2.75) is 31.3 Å². The number of benzene rings is 1. The summed E-state index contributed by atoms with van der Waals surface area (Å²) in [4.78, 5) is 11.6. The van der Waals surface area contributed by atoms with Crippen molar-refractivity contribution in [3.63, 3.8) is 0 Å². The number of hydrogen-bond acceptors (Lipinski definition) is 6. The van der Waals surface area contributed by atoms with E-state index in [0.29, 0.717) is 24.9 Å². The number of carbonyl (C=O) groups is 1. The highest BCUT2D eigenvalue weighted by Gasteiger charge is 2.19. The van der Waals surface area contributed by atoms with Crippen LogP contribution in [0.3, 0.4) is 0 Å². The molecule has 9 heteroatoms. The molecule has 24 heavy (non-hydrogen) atoms. The lowest BCUT2D eigenvalue weighted by atomic mass is 10.1. The summed E-state index contributed by atoms with van der Waals surface area (Å²) in [5, 5.41) is 10.7. The Labute approximate surface area is 143 Å². The van der Waals surface area contributed by atoms with Crippen LogP contribution in [-0.2, 0) is 16.1 Å². The van der Waals surface area contributed by atoms with Crippen LogP contribution in [0.1, 0.15) is 24.0 Å². The van der Waals surface area contributed by atoms with Crippen LogP contribution in [0.5, 0.6) is 5.75 Å². The standard InChI is InChI=1S/C15H18F2N2O4S/c1-10-7-11(12(16)13(21-2)14(10)24-17)8-23-15(20)19-5-3-4-6-22-9-18/h7H,3-6,8H2,1-2H3,(H,19,20). The molecule has 0 atom stereocenters. The molecule has 1 aromatic carbocycles. The van der Waals surface area contributed by atoms with E-state index in [0.717, 1.165) is 0 Å². The van der Waals surface area contributed by atoms with E-state index in [9.17, 15) is 13.1 Å². The lowest BCUT2D eigenvalue weighted by Crippen LogP contribution is -2.25. The maximum Gasteiger partial charge on any atom is 0.407 e. The van der Waals surface area contributed by atoms with Crippen molar-refractivity contribution >= 4 is 18.2 Å². The van der Waals surface area contributed by atoms with Gasteiger partial charge in [0.1, 0.15) is 13.2 Å². The molecular weight excluding hydrogens is 342 g/mol. The molecule has 1 amide bonds. The van der Waals surface area contributed by atoms with Crippen LogP contribution in [0, 0.1) is 24.3 Å². The summed E-state index contributed by atoms with van der Waals surface area (Å²) < 4.78 is 41.4. The number of ether oxygens (including phenoxy) is 3. The molecule has 0 unspecified atom stereocenters. The maximum absolute atomic E-state index is 14.2. The Hall–Kier alpha value is -2.21. The zero-order valence-electron chi connectivity index (χ0n) is 13.4. The third kappa shape index (κ3) is 5.77. The average Bonchev–Trinajstić information content (AvgIpc) is 2.57. The predicted molar refractivity (Wildman–Crippen MR) is 83.6 cm³/mol. The number of nitrogens with zero attached hydrogens (tertiary/aromatic N) is 1. The van der Waals surface area contributed by atoms with Crippen molar-refractivity contribution < 1.29 is 27.3 Å². The number of halogens is 2. The highest BCUT2D eigenvalue weighted by atomic mass is 32.2. The van der Waals surface area contributed by atoms with Gasteiger partial charge < -0.3 is 19.5 Å². The summed E-state index contributed by atoms with van der Waals surface area (Å²) in [6.07, 6.45) is 2.08. The van der Waals surface area contributed by atoms with E-state index in [2.05, 4.69) is 10.1 Å². The summed E-state index contributed by atoms with van der Waals surface area (Å²) in [6.45, 7) is 1.94. The third-order valence-corrected chi connectivity index (χ3v) is 3.75. The normalized spacial score (nSPS) is 9.96. The minimum atomic E-state index is -0.760. The minimum absolute atomic E-state index is 0.0581. The molecule has 0 aliphatic heterocycles. The molecule has 0 saturated carbocycles. The van der Waals surface area contributed by atoms with E-state index in [1.54, 1.807) is 13.2 Å². The van der Waals surface area contributed by atoms with Gasteiger partial charge in [0, 0.05) is 12.1 Å². The monoisotopic (exact) mass is 360 g/mol. The lowest BCUT2D eigenvalue weighted by molar-refractivity contribution is 0.137. The zero-order chi connectivity index (χ0) is 17.9. The number of unbranched alkanes of at least 4 members (excludes halogenated alkanes) is 1. The third-order valence-electron chi connectivity index (χ3n) is 3.08. The molecule has 0 aliphatic rings. The first-order valence-corrected chi connectivity index (χ1v) is 7.82. The van der Waals surface area contributed by atoms with Crippen LogP contribution in [0.15, 0.2) is 11.0 Å². The van der Waals surface area contributed by atoms with Gasteiger partial charge in [0.05, 0.1) is 24.2 Å². The van der Waals surface area contributed by atoms with Gasteiger partial charge in [-0.05, 0) is 31.4 Å². The van der Waals surface area contributed by atoms with Crippen LogP contribution < -0.4 is 10.1 Å². The van der Waals surface area contributed by atoms with Crippen LogP contribution in [0.2, 0.25) is 0 Å². The molecule has 6 nitrogen and oxygen atoms in total. The number of aryl methyl sites for hydroxylation is 1. The van der Waals surface area contributed by atoms with Gasteiger partial charge in [0.25, 0.3) is 6.26 Å². The number of rotatable bonds is 9. The van der Waals surface area contributed by atoms with E-state index >= 15 is 0 Å². The molecule has 0 fully saturated rings. The molecular formula is C15H18F2N2O4S. The zero-order valence-corrected chi connectivity index (χ0v) is 14.2. The molecule has 0 aromatic heterocycles. The number of alkyl carbamates (subject to hydrolysis) is 1. The molecule has 0 radical (unpaired) electrons. The Morgan fingerprint density at radius 3 is 2.83 bits per heavy atom. The van der Waals surface area contributed by atoms with Gasteiger partial charge in [-0.2, -0.15) is 9.15 Å². The van der Waals surface area contributed by atoms with Gasteiger partial charge in [-0.3, -0.25) is 0 Å². The van der Waals surface area contributed by atoms with Gasteiger partial charge in [-0.25, -0.2) is 9.18 Å². The Balaban J connectivity index is 2.51. The van der Waals surface area contributed by atoms with Gasteiger partial charge in [0.2, 0.25) is 0 Å². The molecule has 1 rings (SSSR count). The highest BCUT2D eigenvalue weighted by molar-refractivity contribution is 7.94. The first kappa shape index (κ1) is 19.8. The first-order chi connectivity index (χ1) is 11.5. The van der Waals surface area contributed by atoms with E-state index < -0.39 is 11.9 Å². The topological polar surface area (TPSA) is 80.6 Å². The van der Waals surface area contributed by atoms with Crippen LogP contribution >= 0.6 is 12.1 Å². The molecule has 132 valence electrons. The van der Waals surface area contributed by atoms with Crippen molar-refractivity contribution in [1.29, 1.82) is 5.26 Å². The fraction of sp³-hybridized carbons (Fsp3) is 0.467. The summed E-state index contributed by atoms with van der Waals surface area (Å²) in [7, 11) is 1.24. The summed E-state index contributed by atoms with van der Waals surface area (Å²) in [5.74, 6) is -0.969. The van der Waals surface area contributed by atoms with Gasteiger partial charge in [-0.15, -0.1) is 0 Å². The molecule has 0 bridgehead atoms. The smallest absolute Gasteiger partial charge is 0.407 e. The van der Waals surface area contributed by atoms with E-state index in [-0.39, 0.29) is 41.6 Å². The number of hydrogen-bond donors (Lipinski definition) is 1. The van der Waals surface area contributed by atoms with Crippen molar-refractivity contribution in [2.75, 3.05) is 20.3 Å². The number of amides is 1. The number of nitrogens with one attached hydrogen (secondary N) is 1. The highest BCUT2D eigenvalue weighted by Crippen LogP contribution is 2.37. The SMILES string of the molecule is COc1c(F)c(COC(=O)NCCCCOC#N)cc(C)c1SF. The lowest BCUT2D eigenvalue weighted by Gasteiger charge is -2.13. The van der Waals surface area contributed by atoms with E-state index in [1.165, 1.54) is 13.2 Å². The Morgan fingerprint density at radius 1 is 1.46 bits per heavy atom. The molecule has 0 aliphatic carbocycles. The Bertz CT molecular complexity index is 608. The van der Waals surface area contributed by atoms with Crippen molar-refractivity contribution in [3.05, 3.63) is 23.0 Å². The second-order valence-corrected chi connectivity index (χ2v) is 5.32. The molecule has 0 saturated heterocycles. The second kappa shape index (κ2) is 10.5. The predicted octanol–water partition coefficient (Wildman–Crippen LogP) is 3.62. The number of methoxy groups -OCH3 is 1. The van der Waals surface area contributed by atoms with Crippen molar-refractivity contribution in [2.24, 2.45) is 0 Å². The van der Waals surface area contributed by atoms with Crippen LogP contribution in [0.4, 0.5) is 13.1 Å². The van der Waals surface area contributed by atoms with Gasteiger partial charge in [-0.1, -0.05) is 0 Å². The number of carbonyl (C=O) groups excluding carboxylic acids is 1. The van der Waals surface area contributed by atoms with Crippen LogP contribution in [0.25, 0.3) is 0 Å². The molecule has 0 spiro atoms. The Morgan fingerprint density at radius 2 is 2.21 bits per heavy atom. The van der Waals surface area contributed by atoms with E-state index in [4.69, 9.17) is 14.7 Å². The number of nitriles is 1. The largest absolute Gasteiger partial charge is 0.492 e. The fourth-order valence-corrected chi connectivity index (χ4v) is 2.35. The summed E-state index contributed by atoms with van der Waals surface area (Å²) >= 11 is -0.102. The summed E-state index contributed by atoms with van der Waals surface area (Å²) in [6, 6.07) is 1.41. The molecule has 0 heterocycles. The summed E-state index contributed by atoms with van der Waals surface area (Å²) in [5.41, 5.74) is 0.581. The minimum Gasteiger partial charge on any atom is -0.492 e. The van der Waals surface area contributed by atoms with Gasteiger partial charge in [0.15, 0.2) is 11.6 Å². The fourth-order valence-electron chi connectivity index (χ4n) is 1.93. The Kier molecular flexibility index (Phi) is 8.71.